The summed E-state index contributed by atoms with van der Waals surface area (Å²) in [5, 5.41) is 0. The minimum absolute atomic E-state index is 0.167. The number of hydrogen-bond acceptors (Lipinski definition) is 2. The van der Waals surface area contributed by atoms with Gasteiger partial charge in [-0.15, -0.1) is 12.6 Å². The van der Waals surface area contributed by atoms with Gasteiger partial charge in [0.15, 0.2) is 5.78 Å². The van der Waals surface area contributed by atoms with Gasteiger partial charge in [-0.05, 0) is 24.1 Å². The smallest absolute Gasteiger partial charge is 0.163 e. The van der Waals surface area contributed by atoms with Crippen LogP contribution in [0.2, 0.25) is 0 Å². The molecular weight excluding hydrogens is 180 g/mol. The Balaban J connectivity index is 3.11. The zero-order chi connectivity index (χ0) is 9.84. The molecule has 1 rings (SSSR count). The van der Waals surface area contributed by atoms with Crippen molar-refractivity contribution in [3.05, 3.63) is 29.3 Å². The van der Waals surface area contributed by atoms with Crippen LogP contribution >= 0.6 is 12.6 Å². The molecule has 0 aliphatic rings. The number of ketones is 1. The Hall–Kier alpha value is -0.760. The van der Waals surface area contributed by atoms with Gasteiger partial charge in [0.05, 0.1) is 0 Å². The Morgan fingerprint density at radius 1 is 1.38 bits per heavy atom. The van der Waals surface area contributed by atoms with Crippen LogP contribution in [0.25, 0.3) is 0 Å². The first kappa shape index (κ1) is 10.3. The lowest BCUT2D eigenvalue weighted by molar-refractivity contribution is 0.0985. The third kappa shape index (κ3) is 2.34. The molecule has 0 aliphatic heterocycles. The van der Waals surface area contributed by atoms with Gasteiger partial charge < -0.3 is 0 Å². The molecule has 13 heavy (non-hydrogen) atoms. The second kappa shape index (κ2) is 4.47. The first-order valence-corrected chi connectivity index (χ1v) is 4.98. The number of benzene rings is 1. The van der Waals surface area contributed by atoms with Gasteiger partial charge in [0.2, 0.25) is 0 Å². The van der Waals surface area contributed by atoms with E-state index in [2.05, 4.69) is 19.6 Å². The van der Waals surface area contributed by atoms with Crippen LogP contribution in [-0.2, 0) is 6.42 Å². The zero-order valence-corrected chi connectivity index (χ0v) is 8.90. The number of carbonyl (C=O) groups excluding carboxylic acids is 1. The van der Waals surface area contributed by atoms with Gasteiger partial charge in [-0.25, -0.2) is 0 Å². The van der Waals surface area contributed by atoms with Crippen molar-refractivity contribution in [1.82, 2.24) is 0 Å². The Kier molecular flexibility index (Phi) is 3.55. The molecule has 0 saturated heterocycles. The summed E-state index contributed by atoms with van der Waals surface area (Å²) in [6.07, 6.45) is 1.50. The minimum atomic E-state index is 0.167. The summed E-state index contributed by atoms with van der Waals surface area (Å²) in [6.45, 7) is 3.95. The highest BCUT2D eigenvalue weighted by Crippen LogP contribution is 2.17. The van der Waals surface area contributed by atoms with Crippen molar-refractivity contribution >= 4 is 18.4 Å². The molecule has 0 atom stereocenters. The lowest BCUT2D eigenvalue weighted by Gasteiger charge is -2.04. The van der Waals surface area contributed by atoms with Crippen molar-refractivity contribution < 1.29 is 4.79 Å². The Bertz CT molecular complexity index is 318. The maximum absolute atomic E-state index is 11.5. The molecule has 0 unspecified atom stereocenters. The second-order valence-electron chi connectivity index (χ2n) is 2.98. The van der Waals surface area contributed by atoms with Gasteiger partial charge in [-0.2, -0.15) is 0 Å². The second-order valence-corrected chi connectivity index (χ2v) is 3.46. The van der Waals surface area contributed by atoms with Gasteiger partial charge in [0, 0.05) is 16.9 Å². The number of carbonyl (C=O) groups is 1. The van der Waals surface area contributed by atoms with E-state index < -0.39 is 0 Å². The van der Waals surface area contributed by atoms with E-state index >= 15 is 0 Å². The highest BCUT2D eigenvalue weighted by molar-refractivity contribution is 7.80. The summed E-state index contributed by atoms with van der Waals surface area (Å²) in [5.74, 6) is 0.167. The molecule has 70 valence electrons. The van der Waals surface area contributed by atoms with E-state index in [4.69, 9.17) is 0 Å². The number of hydrogen-bond donors (Lipinski definition) is 1. The Morgan fingerprint density at radius 2 is 2.08 bits per heavy atom. The number of rotatable bonds is 3. The van der Waals surface area contributed by atoms with Crippen LogP contribution < -0.4 is 0 Å². The average molecular weight is 194 g/mol. The highest BCUT2D eigenvalue weighted by atomic mass is 32.1. The van der Waals surface area contributed by atoms with Crippen molar-refractivity contribution in [3.8, 4) is 0 Å². The standard InChI is InChI=1S/C11H14OS/c1-3-8-5-6-11(13)9(7-8)10(12)4-2/h5-7,13H,3-4H2,1-2H3. The van der Waals surface area contributed by atoms with E-state index in [0.717, 1.165) is 16.9 Å². The lowest BCUT2D eigenvalue weighted by Crippen LogP contribution is -1.99. The monoisotopic (exact) mass is 194 g/mol. The van der Waals surface area contributed by atoms with Crippen molar-refractivity contribution in [1.29, 1.82) is 0 Å². The van der Waals surface area contributed by atoms with Gasteiger partial charge in [-0.3, -0.25) is 4.79 Å². The van der Waals surface area contributed by atoms with Crippen molar-refractivity contribution in [2.45, 2.75) is 31.6 Å². The molecule has 2 heteroatoms. The van der Waals surface area contributed by atoms with E-state index in [9.17, 15) is 4.79 Å². The molecule has 0 radical (unpaired) electrons. The lowest BCUT2D eigenvalue weighted by atomic mass is 10.0. The zero-order valence-electron chi connectivity index (χ0n) is 8.00. The van der Waals surface area contributed by atoms with E-state index in [1.54, 1.807) is 0 Å². The Labute approximate surface area is 84.6 Å². The Morgan fingerprint density at radius 3 is 2.62 bits per heavy atom. The molecule has 0 saturated carbocycles. The fraction of sp³-hybridized carbons (Fsp3) is 0.364. The fourth-order valence-corrected chi connectivity index (χ4v) is 1.48. The van der Waals surface area contributed by atoms with Gasteiger partial charge in [0.25, 0.3) is 0 Å². The molecule has 0 heterocycles. The maximum atomic E-state index is 11.5. The summed E-state index contributed by atoms with van der Waals surface area (Å²) >= 11 is 4.26. The van der Waals surface area contributed by atoms with E-state index in [1.807, 2.05) is 25.1 Å². The topological polar surface area (TPSA) is 17.1 Å². The van der Waals surface area contributed by atoms with Gasteiger partial charge in [0.1, 0.15) is 0 Å². The molecule has 0 bridgehead atoms. The van der Waals surface area contributed by atoms with Crippen LogP contribution in [0.5, 0.6) is 0 Å². The SMILES string of the molecule is CCC(=O)c1cc(CC)ccc1S. The van der Waals surface area contributed by atoms with E-state index in [-0.39, 0.29) is 5.78 Å². The van der Waals surface area contributed by atoms with Crippen LogP contribution in [0.15, 0.2) is 23.1 Å². The van der Waals surface area contributed by atoms with Crippen LogP contribution in [0.3, 0.4) is 0 Å². The number of Topliss-reactive ketones (excluding diaryl/α,β-unsaturated/α-hetero) is 1. The molecular formula is C11H14OS. The largest absolute Gasteiger partial charge is 0.294 e. The van der Waals surface area contributed by atoms with Crippen molar-refractivity contribution in [2.75, 3.05) is 0 Å². The molecule has 1 aromatic carbocycles. The third-order valence-corrected chi connectivity index (χ3v) is 2.48. The summed E-state index contributed by atoms with van der Waals surface area (Å²) in [6, 6.07) is 5.84. The minimum Gasteiger partial charge on any atom is -0.294 e. The molecule has 0 N–H and O–H groups in total. The quantitative estimate of drug-likeness (QED) is 0.578. The predicted octanol–water partition coefficient (Wildman–Crippen LogP) is 3.13. The number of aryl methyl sites for hydroxylation is 1. The van der Waals surface area contributed by atoms with Crippen LogP contribution in [0.4, 0.5) is 0 Å². The van der Waals surface area contributed by atoms with Crippen LogP contribution in [0.1, 0.15) is 36.2 Å². The molecule has 0 fully saturated rings. The molecule has 1 nitrogen and oxygen atoms in total. The third-order valence-electron chi connectivity index (χ3n) is 2.09. The first-order valence-electron chi connectivity index (χ1n) is 4.54. The summed E-state index contributed by atoms with van der Waals surface area (Å²) in [5.41, 5.74) is 1.94. The predicted molar refractivity (Wildman–Crippen MR) is 57.7 cm³/mol. The molecule has 0 aromatic heterocycles. The summed E-state index contributed by atoms with van der Waals surface area (Å²) in [7, 11) is 0. The van der Waals surface area contributed by atoms with E-state index in [1.165, 1.54) is 5.56 Å². The average Bonchev–Trinajstić information content (AvgIpc) is 2.17. The number of thiol groups is 1. The normalized spacial score (nSPS) is 10.1. The van der Waals surface area contributed by atoms with Gasteiger partial charge >= 0.3 is 0 Å². The molecule has 0 aliphatic carbocycles. The summed E-state index contributed by atoms with van der Waals surface area (Å²) < 4.78 is 0. The first-order chi connectivity index (χ1) is 6.19. The maximum Gasteiger partial charge on any atom is 0.163 e. The summed E-state index contributed by atoms with van der Waals surface area (Å²) in [4.78, 5) is 12.2. The van der Waals surface area contributed by atoms with Crippen molar-refractivity contribution in [2.24, 2.45) is 0 Å². The van der Waals surface area contributed by atoms with Gasteiger partial charge in [-0.1, -0.05) is 19.9 Å². The molecule has 0 amide bonds. The fourth-order valence-electron chi connectivity index (χ4n) is 1.22. The van der Waals surface area contributed by atoms with Crippen LogP contribution in [0, 0.1) is 0 Å². The molecule has 0 spiro atoms. The van der Waals surface area contributed by atoms with Crippen molar-refractivity contribution in [3.63, 3.8) is 0 Å². The van der Waals surface area contributed by atoms with E-state index in [0.29, 0.717) is 6.42 Å². The highest BCUT2D eigenvalue weighted by Gasteiger charge is 2.07. The van der Waals surface area contributed by atoms with Crippen LogP contribution in [-0.4, -0.2) is 5.78 Å². The molecule has 1 aromatic rings.